The largest absolute Gasteiger partial charge is 0.497 e. The molecule has 2 amide bonds. The van der Waals surface area contributed by atoms with E-state index < -0.39 is 16.1 Å². The average Bonchev–Trinajstić information content (AvgIpc) is 2.82. The number of hydrogen-bond acceptors (Lipinski definition) is 8. The number of carbonyl (C=O) groups is 1. The number of sulfonamides is 1. The lowest BCUT2D eigenvalue weighted by atomic mass is 10.1. The predicted octanol–water partition coefficient (Wildman–Crippen LogP) is 3.20. The Morgan fingerprint density at radius 3 is 2.11 bits per heavy atom. The number of primary sulfonamides is 1. The number of nitrogens with two attached hydrogens (primary N) is 2. The SMILES string of the molecule is COc1cc(Nc2nc3ccccc3nc2-c2c(NC(N)=O)cccc2S(N)(=O)=O)cc(OC)c1. The number of para-hydroxylation sites is 2. The Kier molecular flexibility index (Phi) is 6.40. The summed E-state index contributed by atoms with van der Waals surface area (Å²) in [5.74, 6) is 1.23. The lowest BCUT2D eigenvalue weighted by Gasteiger charge is -2.18. The number of hydrogen-bond donors (Lipinski definition) is 4. The number of benzene rings is 3. The first-order valence-electron chi connectivity index (χ1n) is 10.2. The minimum absolute atomic E-state index is 0.0319. The zero-order chi connectivity index (χ0) is 25.2. The van der Waals surface area contributed by atoms with Crippen LogP contribution < -0.4 is 31.0 Å². The zero-order valence-electron chi connectivity index (χ0n) is 18.8. The first-order valence-corrected chi connectivity index (χ1v) is 11.7. The normalized spacial score (nSPS) is 11.2. The summed E-state index contributed by atoms with van der Waals surface area (Å²) >= 11 is 0. The monoisotopic (exact) mass is 494 g/mol. The van der Waals surface area contributed by atoms with Crippen molar-refractivity contribution in [3.63, 3.8) is 0 Å². The first-order chi connectivity index (χ1) is 16.7. The molecule has 4 rings (SSSR count). The Labute approximate surface area is 201 Å². The van der Waals surface area contributed by atoms with Crippen LogP contribution in [0.1, 0.15) is 0 Å². The lowest BCUT2D eigenvalue weighted by Crippen LogP contribution is -2.21. The van der Waals surface area contributed by atoms with Gasteiger partial charge in [0.2, 0.25) is 10.0 Å². The van der Waals surface area contributed by atoms with Gasteiger partial charge in [-0.1, -0.05) is 18.2 Å². The van der Waals surface area contributed by atoms with Crippen LogP contribution in [0.4, 0.5) is 22.0 Å². The quantitative estimate of drug-likeness (QED) is 0.303. The average molecular weight is 495 g/mol. The van der Waals surface area contributed by atoms with E-state index >= 15 is 0 Å². The van der Waals surface area contributed by atoms with E-state index in [0.29, 0.717) is 28.2 Å². The second kappa shape index (κ2) is 9.44. The third kappa shape index (κ3) is 5.08. The lowest BCUT2D eigenvalue weighted by molar-refractivity contribution is 0.259. The fourth-order valence-electron chi connectivity index (χ4n) is 3.53. The summed E-state index contributed by atoms with van der Waals surface area (Å²) in [5, 5.41) is 11.1. The van der Waals surface area contributed by atoms with Crippen LogP contribution >= 0.6 is 0 Å². The van der Waals surface area contributed by atoms with Gasteiger partial charge in [-0.25, -0.2) is 28.3 Å². The Hall–Kier alpha value is -4.42. The molecule has 0 bridgehead atoms. The minimum Gasteiger partial charge on any atom is -0.497 e. The Bertz CT molecular complexity index is 1520. The number of urea groups is 1. The minimum atomic E-state index is -4.23. The zero-order valence-corrected chi connectivity index (χ0v) is 19.6. The highest BCUT2D eigenvalue weighted by Crippen LogP contribution is 2.39. The second-order valence-electron chi connectivity index (χ2n) is 7.35. The molecule has 4 aromatic rings. The molecular formula is C23H22N6O5S. The van der Waals surface area contributed by atoms with Crippen molar-refractivity contribution in [3.8, 4) is 22.8 Å². The van der Waals surface area contributed by atoms with E-state index in [9.17, 15) is 13.2 Å². The maximum atomic E-state index is 12.5. The molecule has 0 fully saturated rings. The van der Waals surface area contributed by atoms with Crippen LogP contribution in [0.25, 0.3) is 22.3 Å². The fourth-order valence-corrected chi connectivity index (χ4v) is 4.29. The number of rotatable bonds is 7. The molecule has 3 aromatic carbocycles. The van der Waals surface area contributed by atoms with Crippen LogP contribution in [0.3, 0.4) is 0 Å². The molecule has 180 valence electrons. The molecule has 0 aliphatic heterocycles. The van der Waals surface area contributed by atoms with E-state index in [-0.39, 0.29) is 27.7 Å². The van der Waals surface area contributed by atoms with Gasteiger partial charge in [0.05, 0.1) is 35.8 Å². The van der Waals surface area contributed by atoms with E-state index in [2.05, 4.69) is 20.6 Å². The van der Waals surface area contributed by atoms with Gasteiger partial charge < -0.3 is 25.8 Å². The second-order valence-corrected chi connectivity index (χ2v) is 8.88. The summed E-state index contributed by atoms with van der Waals surface area (Å²) in [7, 11) is -1.20. The number of primary amides is 1. The first kappa shape index (κ1) is 23.7. The number of nitrogens with one attached hydrogen (secondary N) is 2. The van der Waals surface area contributed by atoms with Crippen molar-refractivity contribution in [2.75, 3.05) is 24.9 Å². The van der Waals surface area contributed by atoms with Crippen molar-refractivity contribution in [2.45, 2.75) is 4.90 Å². The standard InChI is InChI=1S/C23H22N6O5S/c1-33-14-10-13(11-15(12-14)34-2)26-22-21(27-16-6-3-4-7-17(16)28-22)20-18(29-23(24)30)8-5-9-19(20)35(25,31)32/h3-12H,1-2H3,(H,26,28)(H3,24,29,30)(H2,25,31,32). The molecule has 6 N–H and O–H groups in total. The van der Waals surface area contributed by atoms with E-state index in [1.807, 2.05) is 0 Å². The molecule has 0 atom stereocenters. The molecule has 0 unspecified atom stereocenters. The number of amides is 2. The van der Waals surface area contributed by atoms with Crippen molar-refractivity contribution >= 4 is 44.3 Å². The molecule has 0 aliphatic carbocycles. The third-order valence-electron chi connectivity index (χ3n) is 5.01. The molecule has 11 nitrogen and oxygen atoms in total. The van der Waals surface area contributed by atoms with Gasteiger partial charge in [-0.2, -0.15) is 0 Å². The molecule has 0 saturated carbocycles. The maximum absolute atomic E-state index is 12.5. The van der Waals surface area contributed by atoms with Gasteiger partial charge in [-0.05, 0) is 24.3 Å². The molecule has 1 heterocycles. The highest BCUT2D eigenvalue weighted by molar-refractivity contribution is 7.89. The molecule has 12 heteroatoms. The van der Waals surface area contributed by atoms with Crippen LogP contribution in [0.2, 0.25) is 0 Å². The van der Waals surface area contributed by atoms with Crippen molar-refractivity contribution in [1.82, 2.24) is 9.97 Å². The molecule has 0 spiro atoms. The molecular weight excluding hydrogens is 472 g/mol. The summed E-state index contributed by atoms with van der Waals surface area (Å²) in [5.41, 5.74) is 7.16. The Morgan fingerprint density at radius 2 is 1.54 bits per heavy atom. The van der Waals surface area contributed by atoms with Crippen LogP contribution in [0, 0.1) is 0 Å². The summed E-state index contributed by atoms with van der Waals surface area (Å²) in [6.45, 7) is 0. The van der Waals surface area contributed by atoms with E-state index in [0.717, 1.165) is 0 Å². The van der Waals surface area contributed by atoms with Gasteiger partial charge in [-0.3, -0.25) is 0 Å². The van der Waals surface area contributed by atoms with E-state index in [1.165, 1.54) is 32.4 Å². The molecule has 0 radical (unpaired) electrons. The van der Waals surface area contributed by atoms with Gasteiger partial charge in [-0.15, -0.1) is 0 Å². The number of aromatic nitrogens is 2. The molecule has 0 aliphatic rings. The number of anilines is 3. The molecule has 1 aromatic heterocycles. The highest BCUT2D eigenvalue weighted by atomic mass is 32.2. The number of carbonyl (C=O) groups excluding carboxylic acids is 1. The van der Waals surface area contributed by atoms with Gasteiger partial charge >= 0.3 is 6.03 Å². The number of nitrogens with zero attached hydrogens (tertiary/aromatic N) is 2. The summed E-state index contributed by atoms with van der Waals surface area (Å²) < 4.78 is 35.7. The summed E-state index contributed by atoms with van der Waals surface area (Å²) in [6.07, 6.45) is 0. The van der Waals surface area contributed by atoms with Crippen molar-refractivity contribution in [1.29, 1.82) is 0 Å². The number of methoxy groups -OCH3 is 2. The molecule has 0 saturated heterocycles. The van der Waals surface area contributed by atoms with Crippen molar-refractivity contribution < 1.29 is 22.7 Å². The van der Waals surface area contributed by atoms with Gasteiger partial charge in [0.1, 0.15) is 17.2 Å². The van der Waals surface area contributed by atoms with Crippen LogP contribution in [0.15, 0.2) is 65.6 Å². The van der Waals surface area contributed by atoms with Gasteiger partial charge in [0, 0.05) is 29.4 Å². The van der Waals surface area contributed by atoms with E-state index in [1.54, 1.807) is 42.5 Å². The fraction of sp³-hybridized carbons (Fsp3) is 0.0870. The van der Waals surface area contributed by atoms with Gasteiger partial charge in [0.25, 0.3) is 0 Å². The Balaban J connectivity index is 2.02. The van der Waals surface area contributed by atoms with Crippen molar-refractivity contribution in [2.24, 2.45) is 10.9 Å². The molecule has 35 heavy (non-hydrogen) atoms. The van der Waals surface area contributed by atoms with Crippen LogP contribution in [-0.4, -0.2) is 38.6 Å². The van der Waals surface area contributed by atoms with Crippen molar-refractivity contribution in [3.05, 3.63) is 60.7 Å². The number of ether oxygens (including phenoxy) is 2. The topological polar surface area (TPSA) is 172 Å². The maximum Gasteiger partial charge on any atom is 0.316 e. The Morgan fingerprint density at radius 1 is 0.914 bits per heavy atom. The van der Waals surface area contributed by atoms with Crippen LogP contribution in [0.5, 0.6) is 11.5 Å². The van der Waals surface area contributed by atoms with E-state index in [4.69, 9.17) is 20.3 Å². The third-order valence-corrected chi connectivity index (χ3v) is 5.97. The predicted molar refractivity (Wildman–Crippen MR) is 132 cm³/mol. The highest BCUT2D eigenvalue weighted by Gasteiger charge is 2.24. The summed E-state index contributed by atoms with van der Waals surface area (Å²) in [6, 6.07) is 15.5. The number of fused-ring (bicyclic) bond motifs is 1. The summed E-state index contributed by atoms with van der Waals surface area (Å²) in [4.78, 5) is 20.8. The van der Waals surface area contributed by atoms with Gasteiger partial charge in [0.15, 0.2) is 5.82 Å². The van der Waals surface area contributed by atoms with Crippen LogP contribution in [-0.2, 0) is 10.0 Å². The smallest absolute Gasteiger partial charge is 0.316 e.